The van der Waals surface area contributed by atoms with Crippen LogP contribution < -0.4 is 10.6 Å². The minimum Gasteiger partial charge on any atom is -0.313 e. The van der Waals surface area contributed by atoms with Crippen LogP contribution in [0.15, 0.2) is 6.07 Å². The first-order valence-electron chi connectivity index (χ1n) is 6.96. The molecular formula is C14H22N2S. The molecule has 17 heavy (non-hydrogen) atoms. The Balaban J connectivity index is 1.44. The predicted molar refractivity (Wildman–Crippen MR) is 73.7 cm³/mol. The van der Waals surface area contributed by atoms with Crippen molar-refractivity contribution in [3.05, 3.63) is 21.4 Å². The number of nitrogens with one attached hydrogen (secondary N) is 2. The molecule has 1 aromatic heterocycles. The Morgan fingerprint density at radius 2 is 2.29 bits per heavy atom. The number of hydrogen-bond acceptors (Lipinski definition) is 3. The van der Waals surface area contributed by atoms with E-state index in [0.717, 1.165) is 13.1 Å². The second-order valence-electron chi connectivity index (χ2n) is 5.29. The van der Waals surface area contributed by atoms with Crippen molar-refractivity contribution in [1.29, 1.82) is 0 Å². The summed E-state index contributed by atoms with van der Waals surface area (Å²) in [5, 5.41) is 7.19. The van der Waals surface area contributed by atoms with Crippen LogP contribution >= 0.6 is 11.3 Å². The number of aryl methyl sites for hydroxylation is 2. The van der Waals surface area contributed by atoms with E-state index >= 15 is 0 Å². The van der Waals surface area contributed by atoms with Gasteiger partial charge >= 0.3 is 0 Å². The summed E-state index contributed by atoms with van der Waals surface area (Å²) in [5.74, 6) is 0. The Morgan fingerprint density at radius 1 is 1.29 bits per heavy atom. The fourth-order valence-corrected chi connectivity index (χ4v) is 4.18. The van der Waals surface area contributed by atoms with Crippen molar-refractivity contribution in [1.82, 2.24) is 10.6 Å². The molecule has 1 unspecified atom stereocenters. The van der Waals surface area contributed by atoms with Gasteiger partial charge in [-0.15, -0.1) is 11.3 Å². The molecule has 0 spiro atoms. The molecule has 2 heterocycles. The van der Waals surface area contributed by atoms with Gasteiger partial charge in [-0.05, 0) is 50.3 Å². The quantitative estimate of drug-likeness (QED) is 0.858. The molecule has 1 fully saturated rings. The maximum atomic E-state index is 3.61. The molecule has 0 aromatic carbocycles. The average Bonchev–Trinajstić information content (AvgIpc) is 2.91. The molecule has 0 saturated carbocycles. The van der Waals surface area contributed by atoms with Crippen LogP contribution in [0.4, 0.5) is 0 Å². The normalized spacial score (nSPS) is 23.9. The highest BCUT2D eigenvalue weighted by Crippen LogP contribution is 2.30. The summed E-state index contributed by atoms with van der Waals surface area (Å²) in [6, 6.07) is 3.13. The Bertz CT molecular complexity index is 345. The van der Waals surface area contributed by atoms with Gasteiger partial charge in [0.05, 0.1) is 0 Å². The fourth-order valence-electron chi connectivity index (χ4n) is 2.95. The first kappa shape index (κ1) is 11.7. The molecular weight excluding hydrogens is 228 g/mol. The van der Waals surface area contributed by atoms with Gasteiger partial charge in [-0.1, -0.05) is 6.42 Å². The lowest BCUT2D eigenvalue weighted by Gasteiger charge is -2.23. The third-order valence-electron chi connectivity index (χ3n) is 3.90. The zero-order valence-electron chi connectivity index (χ0n) is 10.4. The molecule has 0 bridgehead atoms. The third-order valence-corrected chi connectivity index (χ3v) is 5.14. The molecule has 1 aliphatic heterocycles. The maximum Gasteiger partial charge on any atom is 0.0300 e. The van der Waals surface area contributed by atoms with Gasteiger partial charge in [0.2, 0.25) is 0 Å². The van der Waals surface area contributed by atoms with Gasteiger partial charge in [-0.25, -0.2) is 0 Å². The number of hydrogen-bond donors (Lipinski definition) is 2. The van der Waals surface area contributed by atoms with E-state index in [1.165, 1.54) is 49.9 Å². The molecule has 1 saturated heterocycles. The molecule has 0 amide bonds. The molecule has 3 rings (SSSR count). The van der Waals surface area contributed by atoms with Gasteiger partial charge in [0, 0.05) is 28.9 Å². The van der Waals surface area contributed by atoms with Gasteiger partial charge < -0.3 is 10.6 Å². The minimum atomic E-state index is 0.704. The van der Waals surface area contributed by atoms with Crippen molar-refractivity contribution >= 4 is 11.3 Å². The van der Waals surface area contributed by atoms with Crippen LogP contribution in [-0.2, 0) is 19.4 Å². The average molecular weight is 250 g/mol. The van der Waals surface area contributed by atoms with Gasteiger partial charge in [-0.3, -0.25) is 0 Å². The SMILES string of the molecule is c1c(CNCC2CCCCN2)sc2c1CCC2. The van der Waals surface area contributed by atoms with E-state index in [2.05, 4.69) is 16.7 Å². The Labute approximate surface area is 108 Å². The van der Waals surface area contributed by atoms with E-state index in [-0.39, 0.29) is 0 Å². The second kappa shape index (κ2) is 5.51. The Hall–Kier alpha value is -0.380. The van der Waals surface area contributed by atoms with Crippen molar-refractivity contribution in [3.63, 3.8) is 0 Å². The van der Waals surface area contributed by atoms with Crippen LogP contribution in [0, 0.1) is 0 Å². The molecule has 94 valence electrons. The topological polar surface area (TPSA) is 24.1 Å². The Kier molecular flexibility index (Phi) is 3.79. The lowest BCUT2D eigenvalue weighted by atomic mass is 10.1. The lowest BCUT2D eigenvalue weighted by Crippen LogP contribution is -2.41. The van der Waals surface area contributed by atoms with Crippen LogP contribution in [0.1, 0.15) is 41.0 Å². The predicted octanol–water partition coefficient (Wildman–Crippen LogP) is 2.47. The van der Waals surface area contributed by atoms with Gasteiger partial charge in [0.15, 0.2) is 0 Å². The zero-order chi connectivity index (χ0) is 11.5. The molecule has 1 aliphatic carbocycles. The molecule has 2 nitrogen and oxygen atoms in total. The monoisotopic (exact) mass is 250 g/mol. The molecule has 3 heteroatoms. The highest BCUT2D eigenvalue weighted by atomic mass is 32.1. The van der Waals surface area contributed by atoms with E-state index in [0.29, 0.717) is 6.04 Å². The standard InChI is InChI=1S/C14H22N2S/c1-2-7-16-12(5-1)9-15-10-13-8-11-4-3-6-14(11)17-13/h8,12,15-16H,1-7,9-10H2. The summed E-state index contributed by atoms with van der Waals surface area (Å²) in [5.41, 5.74) is 1.63. The molecule has 0 radical (unpaired) electrons. The number of thiophene rings is 1. The van der Waals surface area contributed by atoms with Crippen molar-refractivity contribution in [2.24, 2.45) is 0 Å². The summed E-state index contributed by atoms with van der Waals surface area (Å²) >= 11 is 2.03. The maximum absolute atomic E-state index is 3.61. The van der Waals surface area contributed by atoms with E-state index in [1.54, 1.807) is 10.4 Å². The summed E-state index contributed by atoms with van der Waals surface area (Å²) < 4.78 is 0. The molecule has 1 atom stereocenters. The van der Waals surface area contributed by atoms with Crippen LogP contribution in [0.2, 0.25) is 0 Å². The van der Waals surface area contributed by atoms with E-state index in [4.69, 9.17) is 0 Å². The lowest BCUT2D eigenvalue weighted by molar-refractivity contribution is 0.383. The molecule has 1 aromatic rings. The van der Waals surface area contributed by atoms with Crippen molar-refractivity contribution in [3.8, 4) is 0 Å². The minimum absolute atomic E-state index is 0.704. The molecule has 2 N–H and O–H groups in total. The van der Waals surface area contributed by atoms with Gasteiger partial charge in [-0.2, -0.15) is 0 Å². The van der Waals surface area contributed by atoms with Gasteiger partial charge in [0.25, 0.3) is 0 Å². The summed E-state index contributed by atoms with van der Waals surface area (Å²) in [6.45, 7) is 3.40. The van der Waals surface area contributed by atoms with E-state index in [1.807, 2.05) is 11.3 Å². The van der Waals surface area contributed by atoms with E-state index < -0.39 is 0 Å². The number of piperidine rings is 1. The fraction of sp³-hybridized carbons (Fsp3) is 0.714. The van der Waals surface area contributed by atoms with Gasteiger partial charge in [0.1, 0.15) is 0 Å². The third kappa shape index (κ3) is 2.90. The highest BCUT2D eigenvalue weighted by Gasteiger charge is 2.15. The van der Waals surface area contributed by atoms with Crippen LogP contribution in [0.25, 0.3) is 0 Å². The number of fused-ring (bicyclic) bond motifs is 1. The second-order valence-corrected chi connectivity index (χ2v) is 6.51. The summed E-state index contributed by atoms with van der Waals surface area (Å²) in [6.07, 6.45) is 8.11. The van der Waals surface area contributed by atoms with E-state index in [9.17, 15) is 0 Å². The van der Waals surface area contributed by atoms with Crippen LogP contribution in [0.5, 0.6) is 0 Å². The highest BCUT2D eigenvalue weighted by molar-refractivity contribution is 7.12. The largest absolute Gasteiger partial charge is 0.313 e. The van der Waals surface area contributed by atoms with Crippen molar-refractivity contribution in [2.75, 3.05) is 13.1 Å². The molecule has 2 aliphatic rings. The zero-order valence-corrected chi connectivity index (χ0v) is 11.2. The van der Waals surface area contributed by atoms with Crippen LogP contribution in [-0.4, -0.2) is 19.1 Å². The first-order valence-corrected chi connectivity index (χ1v) is 7.78. The smallest absolute Gasteiger partial charge is 0.0300 e. The summed E-state index contributed by atoms with van der Waals surface area (Å²) in [7, 11) is 0. The first-order chi connectivity index (χ1) is 8.42. The van der Waals surface area contributed by atoms with Crippen molar-refractivity contribution in [2.45, 2.75) is 51.1 Å². The number of rotatable bonds is 4. The Morgan fingerprint density at radius 3 is 3.12 bits per heavy atom. The summed E-state index contributed by atoms with van der Waals surface area (Å²) in [4.78, 5) is 3.18. The van der Waals surface area contributed by atoms with Crippen LogP contribution in [0.3, 0.4) is 0 Å². The van der Waals surface area contributed by atoms with Crippen molar-refractivity contribution < 1.29 is 0 Å².